The quantitative estimate of drug-likeness (QED) is 0.398. The number of carboxylic acids is 1. The Kier molecular flexibility index (Phi) is 6.65. The Balaban J connectivity index is 1.83. The van der Waals surface area contributed by atoms with Crippen molar-refractivity contribution in [3.8, 4) is 16.9 Å². The Morgan fingerprint density at radius 2 is 1.95 bits per heavy atom. The van der Waals surface area contributed by atoms with Crippen LogP contribution in [-0.2, 0) is 27.5 Å². The van der Waals surface area contributed by atoms with Gasteiger partial charge >= 0.3 is 5.97 Å². The maximum atomic E-state index is 12.7. The van der Waals surface area contributed by atoms with Crippen LogP contribution in [0, 0.1) is 6.92 Å². The molecule has 2 aliphatic heterocycles. The van der Waals surface area contributed by atoms with Gasteiger partial charge in [-0.1, -0.05) is 24.3 Å². The van der Waals surface area contributed by atoms with Crippen molar-refractivity contribution >= 4 is 28.5 Å². The first-order chi connectivity index (χ1) is 17.7. The number of fused-ring (bicyclic) bond motifs is 4. The monoisotopic (exact) mass is 499 g/mol. The molecule has 6 heteroatoms. The third-order valence-electron chi connectivity index (χ3n) is 6.91. The molecule has 1 atom stereocenters. The number of aryl methyl sites for hydroxylation is 1. The fourth-order valence-electron chi connectivity index (χ4n) is 5.34. The number of ether oxygens (including phenoxy) is 3. The molecule has 0 spiro atoms. The summed E-state index contributed by atoms with van der Waals surface area (Å²) in [5, 5.41) is 12.4. The minimum Gasteiger partial charge on any atom is -0.493 e. The Hall–Kier alpha value is -3.48. The molecule has 3 aromatic carbocycles. The standard InChI is InChI=1S/C31H33NO5/c1-18-14-24-22(8-6-21-16-35-17-25(21)24)28(27(18)29(30(33)34)37-31(2,3)4)20-7-9-26-23(15-20)19(10-12-32-5)11-13-36-26/h6-10,12,14-15,29H,11,13,16-17H2,1-5H3,(H,33,34)/b19-10-,32-12?/t29-/m0/s1. The van der Waals surface area contributed by atoms with E-state index in [-0.39, 0.29) is 0 Å². The third kappa shape index (κ3) is 4.79. The van der Waals surface area contributed by atoms with E-state index in [2.05, 4.69) is 29.3 Å². The molecule has 192 valence electrons. The van der Waals surface area contributed by atoms with Crippen LogP contribution in [0.15, 0.2) is 47.5 Å². The number of rotatable bonds is 5. The number of aliphatic carboxylic acids is 1. The van der Waals surface area contributed by atoms with Gasteiger partial charge in [0.25, 0.3) is 0 Å². The lowest BCUT2D eigenvalue weighted by Crippen LogP contribution is -2.28. The lowest BCUT2D eigenvalue weighted by atomic mass is 9.84. The summed E-state index contributed by atoms with van der Waals surface area (Å²) in [5.74, 6) is -0.191. The van der Waals surface area contributed by atoms with E-state index in [1.54, 1.807) is 13.3 Å². The SMILES string of the molecule is CN=C/C=C1/CCOc2ccc(-c3c([C@H](OC(C)(C)C)C(=O)O)c(C)cc4c5c(ccc34)COC5)cc21. The van der Waals surface area contributed by atoms with Crippen LogP contribution in [0.3, 0.4) is 0 Å². The van der Waals surface area contributed by atoms with Crippen LogP contribution in [0.4, 0.5) is 0 Å². The molecule has 0 aliphatic carbocycles. The molecule has 1 N–H and O–H groups in total. The number of benzene rings is 3. The summed E-state index contributed by atoms with van der Waals surface area (Å²) < 4.78 is 17.9. The second-order valence-electron chi connectivity index (χ2n) is 10.6. The van der Waals surface area contributed by atoms with E-state index in [0.29, 0.717) is 25.4 Å². The predicted octanol–water partition coefficient (Wildman–Crippen LogP) is 6.65. The van der Waals surface area contributed by atoms with Crippen LogP contribution in [0.1, 0.15) is 61.1 Å². The van der Waals surface area contributed by atoms with Crippen LogP contribution in [0.2, 0.25) is 0 Å². The van der Waals surface area contributed by atoms with E-state index in [1.165, 1.54) is 5.56 Å². The van der Waals surface area contributed by atoms with E-state index < -0.39 is 17.7 Å². The molecule has 0 saturated carbocycles. The zero-order valence-corrected chi connectivity index (χ0v) is 22.1. The van der Waals surface area contributed by atoms with E-state index in [1.807, 2.05) is 45.9 Å². The van der Waals surface area contributed by atoms with Gasteiger partial charge in [-0.25, -0.2) is 4.79 Å². The summed E-state index contributed by atoms with van der Waals surface area (Å²) >= 11 is 0. The van der Waals surface area contributed by atoms with Gasteiger partial charge in [0.2, 0.25) is 0 Å². The Morgan fingerprint density at radius 3 is 2.68 bits per heavy atom. The number of nitrogens with zero attached hydrogens (tertiary/aromatic N) is 1. The summed E-state index contributed by atoms with van der Waals surface area (Å²) in [6.45, 7) is 9.37. The summed E-state index contributed by atoms with van der Waals surface area (Å²) in [4.78, 5) is 16.8. The first-order valence-corrected chi connectivity index (χ1v) is 12.6. The number of carboxylic acid groups (broad SMARTS) is 1. The maximum absolute atomic E-state index is 12.7. The Bertz CT molecular complexity index is 1440. The van der Waals surface area contributed by atoms with Crippen LogP contribution in [-0.4, -0.2) is 36.5 Å². The minimum atomic E-state index is -1.13. The molecule has 0 fully saturated rings. The molecule has 0 radical (unpaired) electrons. The highest BCUT2D eigenvalue weighted by Crippen LogP contribution is 2.45. The van der Waals surface area contributed by atoms with Crippen molar-refractivity contribution in [2.75, 3.05) is 13.7 Å². The minimum absolute atomic E-state index is 0.549. The highest BCUT2D eigenvalue weighted by atomic mass is 16.5. The average Bonchev–Trinajstić information content (AvgIpc) is 3.34. The Morgan fingerprint density at radius 1 is 1.14 bits per heavy atom. The second-order valence-corrected chi connectivity index (χ2v) is 10.6. The Labute approximate surface area is 217 Å². The van der Waals surface area contributed by atoms with Crippen molar-refractivity contribution in [2.45, 2.75) is 59.0 Å². The lowest BCUT2D eigenvalue weighted by Gasteiger charge is -2.29. The van der Waals surface area contributed by atoms with Gasteiger partial charge in [0.15, 0.2) is 6.10 Å². The second kappa shape index (κ2) is 9.77. The highest BCUT2D eigenvalue weighted by Gasteiger charge is 2.32. The van der Waals surface area contributed by atoms with Gasteiger partial charge in [-0.2, -0.15) is 0 Å². The van der Waals surface area contributed by atoms with Crippen molar-refractivity contribution < 1.29 is 24.1 Å². The van der Waals surface area contributed by atoms with Gasteiger partial charge in [-0.05, 0) is 90.1 Å². The maximum Gasteiger partial charge on any atom is 0.337 e. The highest BCUT2D eigenvalue weighted by molar-refractivity contribution is 6.03. The fraction of sp³-hybridized carbons (Fsp3) is 0.355. The molecule has 0 unspecified atom stereocenters. The topological polar surface area (TPSA) is 77.4 Å². The molecule has 0 amide bonds. The molecule has 2 aliphatic rings. The largest absolute Gasteiger partial charge is 0.493 e. The van der Waals surface area contributed by atoms with Crippen LogP contribution >= 0.6 is 0 Å². The van der Waals surface area contributed by atoms with Gasteiger partial charge in [-0.15, -0.1) is 0 Å². The zero-order chi connectivity index (χ0) is 26.3. The number of carbonyl (C=O) groups is 1. The number of allylic oxidation sites excluding steroid dienone is 1. The van der Waals surface area contributed by atoms with Crippen molar-refractivity contribution in [1.82, 2.24) is 0 Å². The average molecular weight is 500 g/mol. The summed E-state index contributed by atoms with van der Waals surface area (Å²) in [6, 6.07) is 12.4. The number of hydrogen-bond donors (Lipinski definition) is 1. The molecular formula is C31H33NO5. The number of hydrogen-bond acceptors (Lipinski definition) is 5. The van der Waals surface area contributed by atoms with Crippen molar-refractivity contribution in [1.29, 1.82) is 0 Å². The van der Waals surface area contributed by atoms with E-state index >= 15 is 0 Å². The summed E-state index contributed by atoms with van der Waals surface area (Å²) in [7, 11) is 1.75. The molecule has 0 aromatic heterocycles. The van der Waals surface area contributed by atoms with E-state index in [9.17, 15) is 9.90 Å². The summed E-state index contributed by atoms with van der Waals surface area (Å²) in [5.41, 5.74) is 7.18. The number of aliphatic imine (C=N–C) groups is 1. The fourth-order valence-corrected chi connectivity index (χ4v) is 5.34. The van der Waals surface area contributed by atoms with E-state index in [0.717, 1.165) is 56.3 Å². The first kappa shape index (κ1) is 25.2. The van der Waals surface area contributed by atoms with Gasteiger partial charge in [0.1, 0.15) is 5.75 Å². The van der Waals surface area contributed by atoms with Gasteiger partial charge in [0, 0.05) is 30.8 Å². The summed E-state index contributed by atoms with van der Waals surface area (Å²) in [6.07, 6.45) is 3.47. The van der Waals surface area contributed by atoms with Gasteiger partial charge in [-0.3, -0.25) is 4.99 Å². The van der Waals surface area contributed by atoms with Gasteiger partial charge < -0.3 is 19.3 Å². The zero-order valence-electron chi connectivity index (χ0n) is 22.1. The smallest absolute Gasteiger partial charge is 0.337 e. The molecule has 5 rings (SSSR count). The van der Waals surface area contributed by atoms with Crippen LogP contribution in [0.25, 0.3) is 27.5 Å². The molecule has 37 heavy (non-hydrogen) atoms. The molecule has 3 aromatic rings. The third-order valence-corrected chi connectivity index (χ3v) is 6.91. The molecule has 0 saturated heterocycles. The predicted molar refractivity (Wildman–Crippen MR) is 146 cm³/mol. The lowest BCUT2D eigenvalue weighted by molar-refractivity contribution is -0.160. The normalized spacial score (nSPS) is 17.2. The molecule has 2 heterocycles. The van der Waals surface area contributed by atoms with Crippen molar-refractivity contribution in [2.24, 2.45) is 4.99 Å². The van der Waals surface area contributed by atoms with Crippen molar-refractivity contribution in [3.63, 3.8) is 0 Å². The molecule has 6 nitrogen and oxygen atoms in total. The first-order valence-electron chi connectivity index (χ1n) is 12.6. The van der Waals surface area contributed by atoms with Crippen LogP contribution in [0.5, 0.6) is 5.75 Å². The van der Waals surface area contributed by atoms with E-state index in [4.69, 9.17) is 14.2 Å². The van der Waals surface area contributed by atoms with Gasteiger partial charge in [0.05, 0.1) is 25.4 Å². The molecule has 0 bridgehead atoms. The van der Waals surface area contributed by atoms with Crippen LogP contribution < -0.4 is 4.74 Å². The van der Waals surface area contributed by atoms with Crippen molar-refractivity contribution in [3.05, 3.63) is 70.3 Å². The molecular weight excluding hydrogens is 466 g/mol.